The summed E-state index contributed by atoms with van der Waals surface area (Å²) in [6.07, 6.45) is 3.00. The van der Waals surface area contributed by atoms with Crippen LogP contribution in [0.2, 0.25) is 0 Å². The number of nitrogens with one attached hydrogen (secondary N) is 1. The van der Waals surface area contributed by atoms with Gasteiger partial charge in [-0.15, -0.1) is 0 Å². The second-order valence-corrected chi connectivity index (χ2v) is 4.62. The Kier molecular flexibility index (Phi) is 3.38. The molecule has 0 fully saturated rings. The van der Waals surface area contributed by atoms with Crippen molar-refractivity contribution in [3.05, 3.63) is 46.8 Å². The van der Waals surface area contributed by atoms with Gasteiger partial charge in [-0.3, -0.25) is 10.1 Å². The minimum Gasteiger partial charge on any atom is -0.493 e. The normalized spacial score (nSPS) is 10.6. The zero-order valence-electron chi connectivity index (χ0n) is 12.0. The number of pyridine rings is 1. The number of rotatable bonds is 4. The number of fused-ring (bicyclic) bond motifs is 1. The van der Waals surface area contributed by atoms with Gasteiger partial charge in [0.2, 0.25) is 0 Å². The summed E-state index contributed by atoms with van der Waals surface area (Å²) < 4.78 is 10.5. The molecular weight excluding hydrogens is 286 g/mol. The number of methoxy groups -OCH3 is 2. The number of aromatic amines is 1. The van der Waals surface area contributed by atoms with Crippen molar-refractivity contribution in [2.75, 3.05) is 14.2 Å². The van der Waals surface area contributed by atoms with E-state index in [-0.39, 0.29) is 5.69 Å². The van der Waals surface area contributed by atoms with Crippen molar-refractivity contribution in [3.8, 4) is 22.6 Å². The molecule has 1 aromatic carbocycles. The molecule has 0 saturated heterocycles. The molecule has 2 aromatic heterocycles. The highest BCUT2D eigenvalue weighted by Crippen LogP contribution is 2.34. The van der Waals surface area contributed by atoms with Gasteiger partial charge in [0.1, 0.15) is 5.65 Å². The van der Waals surface area contributed by atoms with Crippen molar-refractivity contribution in [2.45, 2.75) is 0 Å². The Balaban J connectivity index is 2.13. The van der Waals surface area contributed by atoms with Crippen molar-refractivity contribution in [1.82, 2.24) is 9.97 Å². The fraction of sp³-hybridized carbons (Fsp3) is 0.133. The van der Waals surface area contributed by atoms with Crippen molar-refractivity contribution >= 4 is 16.7 Å². The predicted molar refractivity (Wildman–Crippen MR) is 81.3 cm³/mol. The van der Waals surface area contributed by atoms with Crippen LogP contribution in [0.4, 0.5) is 5.69 Å². The predicted octanol–water partition coefficient (Wildman–Crippen LogP) is 3.16. The van der Waals surface area contributed by atoms with E-state index in [1.165, 1.54) is 6.20 Å². The number of ether oxygens (including phenoxy) is 2. The lowest BCUT2D eigenvalue weighted by molar-refractivity contribution is -0.383. The summed E-state index contributed by atoms with van der Waals surface area (Å²) in [4.78, 5) is 17.6. The van der Waals surface area contributed by atoms with Crippen molar-refractivity contribution < 1.29 is 14.4 Å². The molecule has 2 heterocycles. The molecule has 22 heavy (non-hydrogen) atoms. The van der Waals surface area contributed by atoms with E-state index in [1.54, 1.807) is 38.6 Å². The lowest BCUT2D eigenvalue weighted by Gasteiger charge is -2.09. The van der Waals surface area contributed by atoms with Crippen molar-refractivity contribution in [1.29, 1.82) is 0 Å². The van der Waals surface area contributed by atoms with Gasteiger partial charge >= 0.3 is 0 Å². The molecule has 112 valence electrons. The fourth-order valence-corrected chi connectivity index (χ4v) is 2.31. The first-order valence-electron chi connectivity index (χ1n) is 6.48. The van der Waals surface area contributed by atoms with Crippen LogP contribution in [-0.2, 0) is 0 Å². The summed E-state index contributed by atoms with van der Waals surface area (Å²) in [5.41, 5.74) is 2.08. The molecule has 3 rings (SSSR count). The third-order valence-corrected chi connectivity index (χ3v) is 3.42. The standard InChI is InChI=1S/C15H13N3O4/c1-21-13-4-3-9(6-14(13)22-2)10-5-11-12(18(19)20)8-17-15(11)16-7-10/h3-8H,1-2H3,(H,16,17). The van der Waals surface area contributed by atoms with Gasteiger partial charge in [-0.2, -0.15) is 0 Å². The summed E-state index contributed by atoms with van der Waals surface area (Å²) in [5.74, 6) is 1.21. The van der Waals surface area contributed by atoms with E-state index in [0.29, 0.717) is 22.5 Å². The highest BCUT2D eigenvalue weighted by Gasteiger charge is 2.16. The summed E-state index contributed by atoms with van der Waals surface area (Å²) in [6, 6.07) is 7.17. The van der Waals surface area contributed by atoms with Crippen molar-refractivity contribution in [2.24, 2.45) is 0 Å². The molecule has 0 aliphatic heterocycles. The average molecular weight is 299 g/mol. The Hall–Kier alpha value is -3.09. The molecule has 0 atom stereocenters. The first-order valence-corrected chi connectivity index (χ1v) is 6.48. The molecule has 0 bridgehead atoms. The number of H-pyrrole nitrogens is 1. The number of nitro groups is 1. The maximum Gasteiger partial charge on any atom is 0.296 e. The topological polar surface area (TPSA) is 90.3 Å². The third-order valence-electron chi connectivity index (χ3n) is 3.42. The Morgan fingerprint density at radius 3 is 2.59 bits per heavy atom. The summed E-state index contributed by atoms with van der Waals surface area (Å²) in [6.45, 7) is 0. The van der Waals surface area contributed by atoms with Crippen LogP contribution in [0.1, 0.15) is 0 Å². The molecule has 0 saturated carbocycles. The molecule has 0 unspecified atom stereocenters. The van der Waals surface area contributed by atoms with Crippen LogP contribution in [0.5, 0.6) is 11.5 Å². The van der Waals surface area contributed by atoms with Gasteiger partial charge in [0.25, 0.3) is 5.69 Å². The molecule has 0 aliphatic carbocycles. The number of benzene rings is 1. The summed E-state index contributed by atoms with van der Waals surface area (Å²) in [7, 11) is 3.12. The van der Waals surface area contributed by atoms with Crippen LogP contribution in [0.15, 0.2) is 36.7 Å². The Bertz CT molecular complexity index is 857. The second kappa shape index (κ2) is 5.36. The Morgan fingerprint density at radius 1 is 1.14 bits per heavy atom. The molecule has 0 radical (unpaired) electrons. The smallest absolute Gasteiger partial charge is 0.296 e. The van der Waals surface area contributed by atoms with Gasteiger partial charge in [-0.05, 0) is 23.8 Å². The molecule has 0 amide bonds. The van der Waals surface area contributed by atoms with E-state index in [2.05, 4.69) is 9.97 Å². The maximum atomic E-state index is 11.0. The fourth-order valence-electron chi connectivity index (χ4n) is 2.31. The van der Waals surface area contributed by atoms with Crippen LogP contribution in [0, 0.1) is 10.1 Å². The molecule has 3 aromatic rings. The molecular formula is C15H13N3O4. The molecule has 0 aliphatic rings. The van der Waals surface area contributed by atoms with E-state index >= 15 is 0 Å². The second-order valence-electron chi connectivity index (χ2n) is 4.62. The molecule has 0 spiro atoms. The lowest BCUT2D eigenvalue weighted by Crippen LogP contribution is -1.91. The van der Waals surface area contributed by atoms with E-state index in [4.69, 9.17) is 9.47 Å². The van der Waals surface area contributed by atoms with E-state index in [1.807, 2.05) is 6.07 Å². The lowest BCUT2D eigenvalue weighted by atomic mass is 10.1. The first kappa shape index (κ1) is 13.9. The monoisotopic (exact) mass is 299 g/mol. The average Bonchev–Trinajstić information content (AvgIpc) is 2.97. The Morgan fingerprint density at radius 2 is 1.91 bits per heavy atom. The largest absolute Gasteiger partial charge is 0.493 e. The van der Waals surface area contributed by atoms with Gasteiger partial charge in [0.15, 0.2) is 11.5 Å². The summed E-state index contributed by atoms with van der Waals surface area (Å²) in [5, 5.41) is 11.5. The molecule has 1 N–H and O–H groups in total. The highest BCUT2D eigenvalue weighted by molar-refractivity contribution is 5.89. The van der Waals surface area contributed by atoms with Crippen LogP contribution in [0.3, 0.4) is 0 Å². The minimum absolute atomic E-state index is 0.00447. The minimum atomic E-state index is -0.432. The van der Waals surface area contributed by atoms with Crippen LogP contribution in [0.25, 0.3) is 22.2 Å². The Labute approximate surface area is 125 Å². The summed E-state index contributed by atoms with van der Waals surface area (Å²) >= 11 is 0. The SMILES string of the molecule is COc1ccc(-c2cnc3[nH]cc([N+](=O)[O-])c3c2)cc1OC. The highest BCUT2D eigenvalue weighted by atomic mass is 16.6. The van der Waals surface area contributed by atoms with E-state index in [9.17, 15) is 10.1 Å². The van der Waals surface area contributed by atoms with Gasteiger partial charge in [0, 0.05) is 11.8 Å². The molecule has 7 heteroatoms. The van der Waals surface area contributed by atoms with Gasteiger partial charge in [0.05, 0.1) is 30.7 Å². The zero-order valence-corrected chi connectivity index (χ0v) is 12.0. The van der Waals surface area contributed by atoms with Gasteiger partial charge in [-0.25, -0.2) is 4.98 Å². The van der Waals surface area contributed by atoms with Crippen LogP contribution in [-0.4, -0.2) is 29.1 Å². The first-order chi connectivity index (χ1) is 10.6. The maximum absolute atomic E-state index is 11.0. The number of hydrogen-bond acceptors (Lipinski definition) is 5. The van der Waals surface area contributed by atoms with Crippen LogP contribution < -0.4 is 9.47 Å². The van der Waals surface area contributed by atoms with Crippen molar-refractivity contribution in [3.63, 3.8) is 0 Å². The number of hydrogen-bond donors (Lipinski definition) is 1. The van der Waals surface area contributed by atoms with Crippen LogP contribution >= 0.6 is 0 Å². The van der Waals surface area contributed by atoms with Gasteiger partial charge in [-0.1, -0.05) is 6.07 Å². The third kappa shape index (κ3) is 2.22. The quantitative estimate of drug-likeness (QED) is 0.590. The zero-order chi connectivity index (χ0) is 15.7. The number of nitrogens with zero attached hydrogens (tertiary/aromatic N) is 2. The van der Waals surface area contributed by atoms with E-state index in [0.717, 1.165) is 11.1 Å². The van der Waals surface area contributed by atoms with Gasteiger partial charge < -0.3 is 14.5 Å². The number of aromatic nitrogens is 2. The van der Waals surface area contributed by atoms with E-state index < -0.39 is 4.92 Å². The molecule has 7 nitrogen and oxygen atoms in total.